The third-order valence-corrected chi connectivity index (χ3v) is 3.96. The molecule has 0 saturated heterocycles. The predicted molar refractivity (Wildman–Crippen MR) is 81.4 cm³/mol. The van der Waals surface area contributed by atoms with Gasteiger partial charge in [0.25, 0.3) is 0 Å². The first-order valence-electron chi connectivity index (χ1n) is 7.28. The fraction of sp³-hybridized carbons (Fsp3) is 0.353. The zero-order valence-corrected chi connectivity index (χ0v) is 11.8. The van der Waals surface area contributed by atoms with Gasteiger partial charge in [-0.05, 0) is 55.1 Å². The van der Waals surface area contributed by atoms with E-state index in [1.807, 2.05) is 25.3 Å². The number of nitrogens with zero attached hydrogens (tertiary/aromatic N) is 1. The van der Waals surface area contributed by atoms with E-state index in [-0.39, 0.29) is 12.1 Å². The Labute approximate surface area is 120 Å². The Balaban J connectivity index is 2.07. The third kappa shape index (κ3) is 2.60. The molecule has 2 heterocycles. The van der Waals surface area contributed by atoms with E-state index in [0.717, 1.165) is 25.1 Å². The Morgan fingerprint density at radius 1 is 1.30 bits per heavy atom. The van der Waals surface area contributed by atoms with Crippen molar-refractivity contribution < 1.29 is 0 Å². The Kier molecular flexibility index (Phi) is 3.81. The molecule has 104 valence electrons. The number of aryl methyl sites for hydroxylation is 1. The molecule has 20 heavy (non-hydrogen) atoms. The molecule has 2 atom stereocenters. The van der Waals surface area contributed by atoms with Crippen LogP contribution in [0.25, 0.3) is 0 Å². The molecule has 1 aromatic heterocycles. The van der Waals surface area contributed by atoms with Crippen molar-refractivity contribution in [3.8, 4) is 0 Å². The summed E-state index contributed by atoms with van der Waals surface area (Å²) in [5, 5.41) is 3.62. The van der Waals surface area contributed by atoms with Crippen molar-refractivity contribution in [3.05, 3.63) is 65.0 Å². The molecular formula is C17H21N3. The maximum Gasteiger partial charge on any atom is 0.0754 e. The number of aromatic nitrogens is 1. The first-order valence-corrected chi connectivity index (χ1v) is 7.28. The van der Waals surface area contributed by atoms with E-state index in [1.165, 1.54) is 16.7 Å². The van der Waals surface area contributed by atoms with Crippen LogP contribution in [0.1, 0.15) is 47.8 Å². The van der Waals surface area contributed by atoms with Crippen molar-refractivity contribution in [3.63, 3.8) is 0 Å². The quantitative estimate of drug-likeness (QED) is 0.879. The molecule has 1 aliphatic rings. The number of hydrogen-bond acceptors (Lipinski definition) is 3. The zero-order chi connectivity index (χ0) is 13.9. The smallest absolute Gasteiger partial charge is 0.0754 e. The summed E-state index contributed by atoms with van der Waals surface area (Å²) >= 11 is 0. The molecule has 0 aliphatic carbocycles. The number of rotatable bonds is 2. The Morgan fingerprint density at radius 3 is 2.95 bits per heavy atom. The second-order valence-electron chi connectivity index (χ2n) is 5.49. The van der Waals surface area contributed by atoms with Crippen molar-refractivity contribution in [2.45, 2.75) is 31.8 Å². The van der Waals surface area contributed by atoms with Crippen molar-refractivity contribution in [1.82, 2.24) is 10.3 Å². The summed E-state index contributed by atoms with van der Waals surface area (Å²) in [4.78, 5) is 4.52. The highest BCUT2D eigenvalue weighted by Gasteiger charge is 2.21. The minimum atomic E-state index is 0.0629. The van der Waals surface area contributed by atoms with Gasteiger partial charge in [-0.15, -0.1) is 0 Å². The summed E-state index contributed by atoms with van der Waals surface area (Å²) in [5.41, 5.74) is 11.0. The van der Waals surface area contributed by atoms with Crippen molar-refractivity contribution in [1.29, 1.82) is 0 Å². The molecule has 0 saturated carbocycles. The lowest BCUT2D eigenvalue weighted by molar-refractivity contribution is 0.597. The van der Waals surface area contributed by atoms with Crippen molar-refractivity contribution in [2.24, 2.45) is 5.73 Å². The number of pyridine rings is 1. The van der Waals surface area contributed by atoms with Crippen LogP contribution in [0.15, 0.2) is 42.6 Å². The van der Waals surface area contributed by atoms with Gasteiger partial charge in [0.15, 0.2) is 0 Å². The average Bonchev–Trinajstić information content (AvgIpc) is 2.69. The summed E-state index contributed by atoms with van der Waals surface area (Å²) in [6, 6.07) is 13.0. The number of nitrogens with two attached hydrogens (primary N) is 1. The summed E-state index contributed by atoms with van der Waals surface area (Å²) in [5.74, 6) is 0. The maximum absolute atomic E-state index is 6.03. The minimum absolute atomic E-state index is 0.0629. The predicted octanol–water partition coefficient (Wildman–Crippen LogP) is 2.73. The number of hydrogen-bond donors (Lipinski definition) is 2. The Morgan fingerprint density at radius 2 is 2.20 bits per heavy atom. The van der Waals surface area contributed by atoms with Gasteiger partial charge in [-0.3, -0.25) is 4.98 Å². The molecule has 1 aromatic carbocycles. The fourth-order valence-electron chi connectivity index (χ4n) is 2.84. The lowest BCUT2D eigenvalue weighted by Gasteiger charge is -2.20. The highest BCUT2D eigenvalue weighted by Crippen LogP contribution is 2.29. The Bertz CT molecular complexity index is 578. The molecule has 3 N–H and O–H groups in total. The fourth-order valence-corrected chi connectivity index (χ4v) is 2.84. The molecule has 0 spiro atoms. The molecule has 3 heteroatoms. The summed E-state index contributed by atoms with van der Waals surface area (Å²) in [6.45, 7) is 3.05. The topological polar surface area (TPSA) is 50.9 Å². The van der Waals surface area contributed by atoms with Gasteiger partial charge in [-0.1, -0.05) is 24.3 Å². The first-order chi connectivity index (χ1) is 9.75. The van der Waals surface area contributed by atoms with E-state index in [0.29, 0.717) is 0 Å². The van der Waals surface area contributed by atoms with Crippen molar-refractivity contribution in [2.75, 3.05) is 6.54 Å². The van der Waals surface area contributed by atoms with Crippen LogP contribution in [0.2, 0.25) is 0 Å². The van der Waals surface area contributed by atoms with E-state index in [1.54, 1.807) is 0 Å². The second-order valence-corrected chi connectivity index (χ2v) is 5.49. The van der Waals surface area contributed by atoms with Gasteiger partial charge >= 0.3 is 0 Å². The zero-order valence-electron chi connectivity index (χ0n) is 11.8. The van der Waals surface area contributed by atoms with E-state index >= 15 is 0 Å². The van der Waals surface area contributed by atoms with Crippen LogP contribution in [0.5, 0.6) is 0 Å². The van der Waals surface area contributed by atoms with Gasteiger partial charge in [-0.2, -0.15) is 0 Å². The highest BCUT2D eigenvalue weighted by atomic mass is 14.9. The van der Waals surface area contributed by atoms with Gasteiger partial charge in [-0.25, -0.2) is 0 Å². The van der Waals surface area contributed by atoms with E-state index in [9.17, 15) is 0 Å². The van der Waals surface area contributed by atoms with E-state index in [2.05, 4.69) is 34.6 Å². The van der Waals surface area contributed by atoms with Crippen LogP contribution in [-0.2, 0) is 6.42 Å². The molecule has 0 bridgehead atoms. The SMILES string of the molecule is CC(N)c1ccc2c(c1)C(c1ccccn1)NCCC2. The van der Waals surface area contributed by atoms with Gasteiger partial charge in [0.2, 0.25) is 0 Å². The van der Waals surface area contributed by atoms with Gasteiger partial charge < -0.3 is 11.1 Å². The molecule has 2 aromatic rings. The van der Waals surface area contributed by atoms with E-state index in [4.69, 9.17) is 5.73 Å². The van der Waals surface area contributed by atoms with Gasteiger partial charge in [0.05, 0.1) is 11.7 Å². The van der Waals surface area contributed by atoms with Gasteiger partial charge in [0.1, 0.15) is 0 Å². The van der Waals surface area contributed by atoms with Crippen LogP contribution in [-0.4, -0.2) is 11.5 Å². The first kappa shape index (κ1) is 13.3. The molecule has 3 rings (SSSR count). The number of fused-ring (bicyclic) bond motifs is 1. The molecule has 0 amide bonds. The van der Waals surface area contributed by atoms with Crippen LogP contribution in [0.3, 0.4) is 0 Å². The molecule has 3 nitrogen and oxygen atoms in total. The molecule has 0 radical (unpaired) electrons. The largest absolute Gasteiger partial charge is 0.324 e. The van der Waals surface area contributed by atoms with E-state index < -0.39 is 0 Å². The highest BCUT2D eigenvalue weighted by molar-refractivity contribution is 5.40. The standard InChI is InChI=1S/C17H21N3/c1-12(18)14-8-7-13-5-4-10-20-17(15(13)11-14)16-6-2-3-9-19-16/h2-3,6-9,11-12,17,20H,4-5,10,18H2,1H3. The van der Waals surface area contributed by atoms with Crippen molar-refractivity contribution >= 4 is 0 Å². The molecule has 1 aliphatic heterocycles. The molecule has 0 fully saturated rings. The second kappa shape index (κ2) is 5.73. The summed E-state index contributed by atoms with van der Waals surface area (Å²) in [7, 11) is 0. The summed E-state index contributed by atoms with van der Waals surface area (Å²) < 4.78 is 0. The summed E-state index contributed by atoms with van der Waals surface area (Å²) in [6.07, 6.45) is 4.13. The van der Waals surface area contributed by atoms with Crippen LogP contribution >= 0.6 is 0 Å². The average molecular weight is 267 g/mol. The van der Waals surface area contributed by atoms with Crippen LogP contribution in [0, 0.1) is 0 Å². The lowest BCUT2D eigenvalue weighted by Crippen LogP contribution is -2.23. The molecule has 2 unspecified atom stereocenters. The lowest BCUT2D eigenvalue weighted by atomic mass is 9.93. The number of benzene rings is 1. The monoisotopic (exact) mass is 267 g/mol. The number of nitrogens with one attached hydrogen (secondary N) is 1. The normalized spacial score (nSPS) is 20.0. The third-order valence-electron chi connectivity index (χ3n) is 3.96. The Hall–Kier alpha value is -1.71. The van der Waals surface area contributed by atoms with Crippen LogP contribution in [0.4, 0.5) is 0 Å². The minimum Gasteiger partial charge on any atom is -0.324 e. The maximum atomic E-state index is 6.03. The van der Waals surface area contributed by atoms with Crippen LogP contribution < -0.4 is 11.1 Å². The van der Waals surface area contributed by atoms with Gasteiger partial charge in [0, 0.05) is 12.2 Å². The molecular weight excluding hydrogens is 246 g/mol.